The average Bonchev–Trinajstić information content (AvgIpc) is 3.26. The van der Waals surface area contributed by atoms with Gasteiger partial charge in [0.2, 0.25) is 5.91 Å². The Labute approximate surface area is 150 Å². The van der Waals surface area contributed by atoms with Crippen LogP contribution in [0, 0.1) is 0 Å². The third-order valence-corrected chi connectivity index (χ3v) is 4.93. The third kappa shape index (κ3) is 4.51. The molecule has 2 heterocycles. The average molecular weight is 356 g/mol. The molecule has 0 spiro atoms. The van der Waals surface area contributed by atoms with Crippen LogP contribution < -0.4 is 5.32 Å². The van der Waals surface area contributed by atoms with E-state index in [9.17, 15) is 4.79 Å². The molecule has 1 atom stereocenters. The topological polar surface area (TPSA) is 73.0 Å². The first-order valence-electron chi connectivity index (χ1n) is 8.02. The summed E-state index contributed by atoms with van der Waals surface area (Å²) in [6.07, 6.45) is 2.30. The Bertz CT molecular complexity index is 815. The number of carbonyl (C=O) groups is 1. The summed E-state index contributed by atoms with van der Waals surface area (Å²) in [6.45, 7) is 2.24. The highest BCUT2D eigenvalue weighted by Gasteiger charge is 2.19. The number of nitrogens with one attached hydrogen (secondary N) is 1. The second kappa shape index (κ2) is 8.02. The van der Waals surface area contributed by atoms with Gasteiger partial charge in [0, 0.05) is 13.5 Å². The molecular formula is C18H20N4O2S. The van der Waals surface area contributed by atoms with Crippen molar-refractivity contribution < 1.29 is 9.21 Å². The van der Waals surface area contributed by atoms with Gasteiger partial charge in [0.15, 0.2) is 5.16 Å². The van der Waals surface area contributed by atoms with Crippen LogP contribution in [0.15, 0.2) is 58.3 Å². The monoisotopic (exact) mass is 356 g/mol. The Morgan fingerprint density at radius 2 is 2.04 bits per heavy atom. The summed E-state index contributed by atoms with van der Waals surface area (Å²) in [6, 6.07) is 13.8. The van der Waals surface area contributed by atoms with Crippen molar-refractivity contribution >= 4 is 17.7 Å². The highest BCUT2D eigenvalue weighted by molar-refractivity contribution is 8.00. The number of furan rings is 1. The van der Waals surface area contributed by atoms with E-state index in [4.69, 9.17) is 4.42 Å². The molecule has 1 N–H and O–H groups in total. The van der Waals surface area contributed by atoms with Crippen molar-refractivity contribution in [3.63, 3.8) is 0 Å². The van der Waals surface area contributed by atoms with Gasteiger partial charge in [-0.15, -0.1) is 10.2 Å². The number of hydrogen-bond acceptors (Lipinski definition) is 5. The van der Waals surface area contributed by atoms with E-state index in [1.807, 2.05) is 42.8 Å². The number of hydrogen-bond donors (Lipinski definition) is 1. The first kappa shape index (κ1) is 17.3. The summed E-state index contributed by atoms with van der Waals surface area (Å²) >= 11 is 1.39. The minimum absolute atomic E-state index is 0.0611. The van der Waals surface area contributed by atoms with Crippen LogP contribution in [0.25, 0.3) is 0 Å². The van der Waals surface area contributed by atoms with Crippen LogP contribution in [-0.4, -0.2) is 25.9 Å². The first-order chi connectivity index (χ1) is 12.1. The number of carbonyl (C=O) groups excluding carboxylic acids is 1. The Morgan fingerprint density at radius 3 is 2.76 bits per heavy atom. The fraction of sp³-hybridized carbons (Fsp3) is 0.278. The third-order valence-electron chi connectivity index (χ3n) is 3.80. The van der Waals surface area contributed by atoms with Crippen molar-refractivity contribution in [1.82, 2.24) is 20.1 Å². The summed E-state index contributed by atoms with van der Waals surface area (Å²) in [5.74, 6) is 1.54. The van der Waals surface area contributed by atoms with E-state index in [1.54, 1.807) is 12.3 Å². The summed E-state index contributed by atoms with van der Waals surface area (Å²) in [7, 11) is 1.92. The molecule has 0 aliphatic carbocycles. The maximum absolute atomic E-state index is 12.2. The van der Waals surface area contributed by atoms with Gasteiger partial charge in [-0.1, -0.05) is 42.1 Å². The number of rotatable bonds is 7. The Kier molecular flexibility index (Phi) is 5.55. The van der Waals surface area contributed by atoms with E-state index in [1.165, 1.54) is 17.3 Å². The SMILES string of the molecule is C[C@@H](Sc1nnc(Cc2ccccc2)n1C)C(=O)NCc1ccco1. The van der Waals surface area contributed by atoms with Gasteiger partial charge >= 0.3 is 0 Å². The van der Waals surface area contributed by atoms with Crippen LogP contribution in [0.4, 0.5) is 0 Å². The van der Waals surface area contributed by atoms with Gasteiger partial charge in [0.05, 0.1) is 18.1 Å². The van der Waals surface area contributed by atoms with Gasteiger partial charge in [0.1, 0.15) is 11.6 Å². The second-order valence-corrected chi connectivity index (χ2v) is 6.99. The molecule has 0 aliphatic rings. The van der Waals surface area contributed by atoms with Gasteiger partial charge in [-0.05, 0) is 24.6 Å². The maximum Gasteiger partial charge on any atom is 0.233 e. The predicted octanol–water partition coefficient (Wildman–Crippen LogP) is 2.80. The maximum atomic E-state index is 12.2. The van der Waals surface area contributed by atoms with Crippen molar-refractivity contribution in [1.29, 1.82) is 0 Å². The summed E-state index contributed by atoms with van der Waals surface area (Å²) in [5, 5.41) is 11.8. The Morgan fingerprint density at radius 1 is 1.24 bits per heavy atom. The highest BCUT2D eigenvalue weighted by Crippen LogP contribution is 2.22. The number of amides is 1. The van der Waals surface area contributed by atoms with Gasteiger partial charge < -0.3 is 14.3 Å². The minimum atomic E-state index is -0.276. The molecule has 3 rings (SSSR count). The zero-order chi connectivity index (χ0) is 17.6. The zero-order valence-corrected chi connectivity index (χ0v) is 15.0. The normalized spacial score (nSPS) is 12.1. The van der Waals surface area contributed by atoms with Crippen molar-refractivity contribution in [2.45, 2.75) is 30.3 Å². The smallest absolute Gasteiger partial charge is 0.233 e. The standard InChI is InChI=1S/C18H20N4O2S/c1-13(17(23)19-12-15-9-6-10-24-15)25-18-21-20-16(22(18)2)11-14-7-4-3-5-8-14/h3-10,13H,11-12H2,1-2H3,(H,19,23)/t13-/m1/s1. The molecule has 0 bridgehead atoms. The van der Waals surface area contributed by atoms with Crippen LogP contribution in [0.1, 0.15) is 24.1 Å². The molecule has 6 nitrogen and oxygen atoms in total. The molecule has 2 aromatic heterocycles. The lowest BCUT2D eigenvalue weighted by molar-refractivity contribution is -0.120. The van der Waals surface area contributed by atoms with Crippen LogP contribution in [-0.2, 0) is 24.8 Å². The number of nitrogens with zero attached hydrogens (tertiary/aromatic N) is 3. The highest BCUT2D eigenvalue weighted by atomic mass is 32.2. The van der Waals surface area contributed by atoms with E-state index in [-0.39, 0.29) is 11.2 Å². The molecule has 25 heavy (non-hydrogen) atoms. The summed E-state index contributed by atoms with van der Waals surface area (Å²) < 4.78 is 7.15. The van der Waals surface area contributed by atoms with Gasteiger partial charge in [-0.3, -0.25) is 4.79 Å². The van der Waals surface area contributed by atoms with Gasteiger partial charge in [-0.2, -0.15) is 0 Å². The molecule has 1 aromatic carbocycles. The minimum Gasteiger partial charge on any atom is -0.467 e. The Balaban J connectivity index is 1.57. The molecule has 130 valence electrons. The first-order valence-corrected chi connectivity index (χ1v) is 8.90. The van der Waals surface area contributed by atoms with Crippen molar-refractivity contribution in [2.24, 2.45) is 7.05 Å². The van der Waals surface area contributed by atoms with E-state index < -0.39 is 0 Å². The van der Waals surface area contributed by atoms with Crippen LogP contribution in [0.2, 0.25) is 0 Å². The molecule has 1 amide bonds. The molecule has 0 radical (unpaired) electrons. The summed E-state index contributed by atoms with van der Waals surface area (Å²) in [5.41, 5.74) is 1.18. The molecule has 0 saturated heterocycles. The van der Waals surface area contributed by atoms with E-state index in [0.29, 0.717) is 13.0 Å². The zero-order valence-electron chi connectivity index (χ0n) is 14.2. The number of benzene rings is 1. The lowest BCUT2D eigenvalue weighted by atomic mass is 10.1. The largest absolute Gasteiger partial charge is 0.467 e. The molecule has 3 aromatic rings. The van der Waals surface area contributed by atoms with Crippen LogP contribution in [0.3, 0.4) is 0 Å². The predicted molar refractivity (Wildman–Crippen MR) is 96.1 cm³/mol. The molecule has 0 fully saturated rings. The fourth-order valence-electron chi connectivity index (χ4n) is 2.32. The quantitative estimate of drug-likeness (QED) is 0.659. The lowest BCUT2D eigenvalue weighted by Gasteiger charge is -2.11. The second-order valence-electron chi connectivity index (χ2n) is 5.68. The van der Waals surface area contributed by atoms with Crippen LogP contribution >= 0.6 is 11.8 Å². The molecule has 7 heteroatoms. The van der Waals surface area contributed by atoms with Gasteiger partial charge in [-0.25, -0.2) is 0 Å². The molecule has 0 unspecified atom stereocenters. The number of aromatic nitrogens is 3. The van der Waals surface area contributed by atoms with E-state index >= 15 is 0 Å². The van der Waals surface area contributed by atoms with Crippen molar-refractivity contribution in [3.05, 3.63) is 65.9 Å². The fourth-order valence-corrected chi connectivity index (χ4v) is 3.18. The molecular weight excluding hydrogens is 336 g/mol. The summed E-state index contributed by atoms with van der Waals surface area (Å²) in [4.78, 5) is 12.2. The number of thioether (sulfide) groups is 1. The van der Waals surface area contributed by atoms with Crippen molar-refractivity contribution in [2.75, 3.05) is 0 Å². The van der Waals surface area contributed by atoms with Crippen molar-refractivity contribution in [3.8, 4) is 0 Å². The van der Waals surface area contributed by atoms with E-state index in [2.05, 4.69) is 27.6 Å². The van der Waals surface area contributed by atoms with Crippen LogP contribution in [0.5, 0.6) is 0 Å². The lowest BCUT2D eigenvalue weighted by Crippen LogP contribution is -2.30. The molecule has 0 saturated carbocycles. The van der Waals surface area contributed by atoms with Gasteiger partial charge in [0.25, 0.3) is 0 Å². The molecule has 0 aliphatic heterocycles. The Hall–Kier alpha value is -2.54. The van der Waals surface area contributed by atoms with E-state index in [0.717, 1.165) is 16.7 Å².